The lowest BCUT2D eigenvalue weighted by Crippen LogP contribution is -2.14. The average Bonchev–Trinajstić information content (AvgIpc) is 2.99. The molecule has 2 N–H and O–H groups in total. The van der Waals surface area contributed by atoms with Gasteiger partial charge in [0, 0.05) is 0 Å². The molecule has 1 aromatic carbocycles. The van der Waals surface area contributed by atoms with E-state index in [0.717, 1.165) is 24.8 Å². The van der Waals surface area contributed by atoms with Crippen LogP contribution in [0.25, 0.3) is 0 Å². The molecule has 0 amide bonds. The van der Waals surface area contributed by atoms with E-state index in [1.54, 1.807) is 0 Å². The summed E-state index contributed by atoms with van der Waals surface area (Å²) < 4.78 is 0. The maximum atomic E-state index is 10.3. The van der Waals surface area contributed by atoms with Gasteiger partial charge in [-0.2, -0.15) is 0 Å². The molecule has 1 aliphatic rings. The summed E-state index contributed by atoms with van der Waals surface area (Å²) in [6.07, 6.45) is 3.03. The summed E-state index contributed by atoms with van der Waals surface area (Å²) >= 11 is 0. The molecule has 1 aromatic rings. The maximum Gasteiger partial charge on any atom is 0.0793 e. The van der Waals surface area contributed by atoms with Crippen molar-refractivity contribution in [2.75, 3.05) is 0 Å². The Kier molecular flexibility index (Phi) is 4.08. The van der Waals surface area contributed by atoms with E-state index >= 15 is 0 Å². The summed E-state index contributed by atoms with van der Waals surface area (Å²) in [6.45, 7) is 4.36. The Balaban J connectivity index is 1.82. The Morgan fingerprint density at radius 2 is 1.94 bits per heavy atom. The highest BCUT2D eigenvalue weighted by Crippen LogP contribution is 2.51. The van der Waals surface area contributed by atoms with E-state index in [4.69, 9.17) is 0 Å². The van der Waals surface area contributed by atoms with Crippen LogP contribution >= 0.6 is 0 Å². The average molecular weight is 248 g/mol. The third kappa shape index (κ3) is 3.33. The lowest BCUT2D eigenvalue weighted by molar-refractivity contribution is 0.0902. The van der Waals surface area contributed by atoms with Crippen molar-refractivity contribution >= 4 is 0 Å². The fourth-order valence-electron chi connectivity index (χ4n) is 2.60. The SMILES string of the molecule is CC(C)CC[C@]1(O)C[C@H]1C[C@@H](O)c1ccccc1. The minimum atomic E-state index is -0.500. The summed E-state index contributed by atoms with van der Waals surface area (Å²) in [5, 5.41) is 20.5. The van der Waals surface area contributed by atoms with Gasteiger partial charge in [-0.15, -0.1) is 0 Å². The van der Waals surface area contributed by atoms with Crippen molar-refractivity contribution in [1.82, 2.24) is 0 Å². The topological polar surface area (TPSA) is 40.5 Å². The summed E-state index contributed by atoms with van der Waals surface area (Å²) in [7, 11) is 0. The first-order valence-corrected chi connectivity index (χ1v) is 6.96. The first-order valence-electron chi connectivity index (χ1n) is 6.96. The van der Waals surface area contributed by atoms with Gasteiger partial charge in [0.15, 0.2) is 0 Å². The van der Waals surface area contributed by atoms with Gasteiger partial charge in [-0.1, -0.05) is 44.2 Å². The lowest BCUT2D eigenvalue weighted by Gasteiger charge is -2.15. The minimum absolute atomic E-state index is 0.270. The van der Waals surface area contributed by atoms with Crippen LogP contribution in [0.3, 0.4) is 0 Å². The number of aliphatic hydroxyl groups is 2. The van der Waals surface area contributed by atoms with Crippen LogP contribution in [0.1, 0.15) is 51.2 Å². The summed E-state index contributed by atoms with van der Waals surface area (Å²) in [6, 6.07) is 9.72. The van der Waals surface area contributed by atoms with Gasteiger partial charge in [-0.05, 0) is 43.1 Å². The van der Waals surface area contributed by atoms with Gasteiger partial charge in [-0.3, -0.25) is 0 Å². The molecule has 1 saturated carbocycles. The van der Waals surface area contributed by atoms with Crippen LogP contribution in [-0.4, -0.2) is 15.8 Å². The highest BCUT2D eigenvalue weighted by molar-refractivity contribution is 5.18. The van der Waals surface area contributed by atoms with Crippen LogP contribution in [0.4, 0.5) is 0 Å². The zero-order chi connectivity index (χ0) is 13.2. The molecule has 0 aliphatic heterocycles. The first-order chi connectivity index (χ1) is 8.51. The van der Waals surface area contributed by atoms with E-state index in [2.05, 4.69) is 13.8 Å². The molecule has 0 saturated heterocycles. The number of aliphatic hydroxyl groups excluding tert-OH is 1. The molecule has 0 heterocycles. The number of hydrogen-bond donors (Lipinski definition) is 2. The van der Waals surface area contributed by atoms with Gasteiger partial charge >= 0.3 is 0 Å². The molecule has 1 aliphatic carbocycles. The Hall–Kier alpha value is -0.860. The smallest absolute Gasteiger partial charge is 0.0793 e. The monoisotopic (exact) mass is 248 g/mol. The molecule has 0 spiro atoms. The Labute approximate surface area is 110 Å². The Morgan fingerprint density at radius 3 is 2.56 bits per heavy atom. The molecule has 18 heavy (non-hydrogen) atoms. The largest absolute Gasteiger partial charge is 0.390 e. The molecule has 2 heteroatoms. The second kappa shape index (κ2) is 5.41. The van der Waals surface area contributed by atoms with E-state index in [1.165, 1.54) is 0 Å². The molecule has 2 rings (SSSR count). The van der Waals surface area contributed by atoms with Gasteiger partial charge in [-0.25, -0.2) is 0 Å². The molecular formula is C16H24O2. The first kappa shape index (κ1) is 13.6. The van der Waals surface area contributed by atoms with E-state index in [-0.39, 0.29) is 5.92 Å². The van der Waals surface area contributed by atoms with Crippen molar-refractivity contribution in [2.24, 2.45) is 11.8 Å². The van der Waals surface area contributed by atoms with Gasteiger partial charge in [0.1, 0.15) is 0 Å². The quantitative estimate of drug-likeness (QED) is 0.811. The zero-order valence-electron chi connectivity index (χ0n) is 11.3. The second-order valence-electron chi connectivity index (χ2n) is 6.10. The van der Waals surface area contributed by atoms with E-state index in [9.17, 15) is 10.2 Å². The van der Waals surface area contributed by atoms with Crippen molar-refractivity contribution in [3.8, 4) is 0 Å². The van der Waals surface area contributed by atoms with E-state index in [1.807, 2.05) is 30.3 Å². The van der Waals surface area contributed by atoms with Crippen LogP contribution < -0.4 is 0 Å². The van der Waals surface area contributed by atoms with Crippen molar-refractivity contribution in [3.05, 3.63) is 35.9 Å². The molecule has 0 bridgehead atoms. The molecular weight excluding hydrogens is 224 g/mol. The van der Waals surface area contributed by atoms with Crippen LogP contribution in [0.5, 0.6) is 0 Å². The van der Waals surface area contributed by atoms with Gasteiger partial charge < -0.3 is 10.2 Å². The predicted molar refractivity (Wildman–Crippen MR) is 73.1 cm³/mol. The normalized spacial score (nSPS) is 28.4. The lowest BCUT2D eigenvalue weighted by atomic mass is 9.98. The molecule has 100 valence electrons. The highest BCUT2D eigenvalue weighted by atomic mass is 16.3. The second-order valence-corrected chi connectivity index (χ2v) is 6.10. The summed E-state index contributed by atoms with van der Waals surface area (Å²) in [5.41, 5.74) is 0.454. The molecule has 0 aromatic heterocycles. The zero-order valence-corrected chi connectivity index (χ0v) is 11.3. The van der Waals surface area contributed by atoms with Crippen molar-refractivity contribution in [3.63, 3.8) is 0 Å². The number of hydrogen-bond acceptors (Lipinski definition) is 2. The van der Waals surface area contributed by atoms with Gasteiger partial charge in [0.2, 0.25) is 0 Å². The van der Waals surface area contributed by atoms with Gasteiger partial charge in [0.25, 0.3) is 0 Å². The molecule has 0 unspecified atom stereocenters. The Morgan fingerprint density at radius 1 is 1.28 bits per heavy atom. The van der Waals surface area contributed by atoms with Crippen LogP contribution in [0, 0.1) is 11.8 Å². The summed E-state index contributed by atoms with van der Waals surface area (Å²) in [5.74, 6) is 0.903. The third-order valence-electron chi connectivity index (χ3n) is 4.05. The van der Waals surface area contributed by atoms with Crippen molar-refractivity contribution < 1.29 is 10.2 Å². The van der Waals surface area contributed by atoms with Crippen LogP contribution in [-0.2, 0) is 0 Å². The van der Waals surface area contributed by atoms with E-state index in [0.29, 0.717) is 12.3 Å². The minimum Gasteiger partial charge on any atom is -0.390 e. The molecule has 0 radical (unpaired) electrons. The van der Waals surface area contributed by atoms with Crippen molar-refractivity contribution in [2.45, 2.75) is 51.2 Å². The van der Waals surface area contributed by atoms with E-state index < -0.39 is 11.7 Å². The van der Waals surface area contributed by atoms with Gasteiger partial charge in [0.05, 0.1) is 11.7 Å². The number of benzene rings is 1. The van der Waals surface area contributed by atoms with Crippen molar-refractivity contribution in [1.29, 1.82) is 0 Å². The Bertz CT molecular complexity index is 374. The predicted octanol–water partition coefficient (Wildman–Crippen LogP) is 3.30. The fraction of sp³-hybridized carbons (Fsp3) is 0.625. The molecule has 3 atom stereocenters. The summed E-state index contributed by atoms with van der Waals surface area (Å²) in [4.78, 5) is 0. The molecule has 1 fully saturated rings. The third-order valence-corrected chi connectivity index (χ3v) is 4.05. The number of rotatable bonds is 6. The standard InChI is InChI=1S/C16H24O2/c1-12(2)8-9-16(18)11-14(16)10-15(17)13-6-4-3-5-7-13/h3-7,12,14-15,17-18H,8-11H2,1-2H3/t14-,15-,16+/m1/s1. The van der Waals surface area contributed by atoms with Crippen LogP contribution in [0.15, 0.2) is 30.3 Å². The van der Waals surface area contributed by atoms with Crippen LogP contribution in [0.2, 0.25) is 0 Å². The molecule has 2 nitrogen and oxygen atoms in total. The highest BCUT2D eigenvalue weighted by Gasteiger charge is 2.52. The fourth-order valence-corrected chi connectivity index (χ4v) is 2.60. The maximum absolute atomic E-state index is 10.3.